The van der Waals surface area contributed by atoms with Gasteiger partial charge in [0.05, 0.1) is 5.69 Å². The Morgan fingerprint density at radius 1 is 1.19 bits per heavy atom. The van der Waals surface area contributed by atoms with E-state index in [0.717, 1.165) is 35.2 Å². The topological polar surface area (TPSA) is 49.4 Å². The highest BCUT2D eigenvalue weighted by molar-refractivity contribution is 6.05. The van der Waals surface area contributed by atoms with Crippen molar-refractivity contribution in [1.29, 1.82) is 0 Å². The second-order valence-corrected chi connectivity index (χ2v) is 6.46. The number of benzene rings is 2. The second kappa shape index (κ2) is 7.52. The lowest BCUT2D eigenvalue weighted by atomic mass is 9.98. The van der Waals surface area contributed by atoms with E-state index in [-0.39, 0.29) is 17.6 Å². The Balaban J connectivity index is 1.77. The number of hydrogen-bond donors (Lipinski definition) is 1. The van der Waals surface area contributed by atoms with Crippen LogP contribution in [0.15, 0.2) is 42.5 Å². The Labute approximate surface area is 152 Å². The summed E-state index contributed by atoms with van der Waals surface area (Å²) >= 11 is 0. The summed E-state index contributed by atoms with van der Waals surface area (Å²) in [5.41, 5.74) is 4.06. The number of carbonyl (C=O) groups is 2. The number of amides is 2. The summed E-state index contributed by atoms with van der Waals surface area (Å²) in [6.07, 6.45) is 4.88. The number of carbonyl (C=O) groups excluding carboxylic acids is 2. The van der Waals surface area contributed by atoms with Gasteiger partial charge in [0.2, 0.25) is 5.91 Å². The molecule has 0 aliphatic carbocycles. The molecule has 0 radical (unpaired) electrons. The van der Waals surface area contributed by atoms with Crippen LogP contribution in [-0.4, -0.2) is 18.4 Å². The van der Waals surface area contributed by atoms with Crippen molar-refractivity contribution < 1.29 is 14.0 Å². The van der Waals surface area contributed by atoms with Gasteiger partial charge in [-0.15, -0.1) is 0 Å². The van der Waals surface area contributed by atoms with Crippen LogP contribution in [-0.2, 0) is 16.0 Å². The molecule has 0 saturated heterocycles. The molecule has 2 aromatic rings. The first-order valence-electron chi connectivity index (χ1n) is 8.60. The molecule has 0 atom stereocenters. The van der Waals surface area contributed by atoms with E-state index >= 15 is 0 Å². The molecule has 0 spiro atoms. The maximum absolute atomic E-state index is 13.6. The van der Waals surface area contributed by atoms with Gasteiger partial charge in [-0.05, 0) is 66.8 Å². The molecule has 26 heavy (non-hydrogen) atoms. The van der Waals surface area contributed by atoms with Crippen LogP contribution >= 0.6 is 0 Å². The first-order chi connectivity index (χ1) is 12.4. The quantitative estimate of drug-likeness (QED) is 0.846. The first kappa shape index (κ1) is 17.9. The van der Waals surface area contributed by atoms with Gasteiger partial charge in [-0.3, -0.25) is 9.59 Å². The zero-order valence-corrected chi connectivity index (χ0v) is 14.9. The van der Waals surface area contributed by atoms with E-state index in [1.165, 1.54) is 25.1 Å². The fourth-order valence-electron chi connectivity index (χ4n) is 3.28. The van der Waals surface area contributed by atoms with E-state index in [1.807, 2.05) is 19.1 Å². The summed E-state index contributed by atoms with van der Waals surface area (Å²) in [6.45, 7) is 3.92. The summed E-state index contributed by atoms with van der Waals surface area (Å²) < 4.78 is 13.6. The zero-order valence-electron chi connectivity index (χ0n) is 14.9. The van der Waals surface area contributed by atoms with Crippen molar-refractivity contribution in [3.8, 4) is 0 Å². The van der Waals surface area contributed by atoms with Crippen LogP contribution in [0.2, 0.25) is 0 Å². The number of nitrogens with zero attached hydrogens (tertiary/aromatic N) is 1. The molecule has 3 rings (SSSR count). The maximum Gasteiger partial charge on any atom is 0.251 e. The SMILES string of the molecule is CC(=O)Nc1ccc(C=CC(=O)N2CCCc3cc(F)cc(C)c32)cc1. The largest absolute Gasteiger partial charge is 0.326 e. The number of halogens is 1. The molecule has 2 amide bonds. The van der Waals surface area contributed by atoms with Gasteiger partial charge in [0, 0.05) is 25.2 Å². The second-order valence-electron chi connectivity index (χ2n) is 6.46. The van der Waals surface area contributed by atoms with Crippen molar-refractivity contribution in [3.05, 3.63) is 65.0 Å². The number of anilines is 2. The van der Waals surface area contributed by atoms with E-state index in [1.54, 1.807) is 23.1 Å². The standard InChI is InChI=1S/C21H21FN2O2/c1-14-12-18(22)13-17-4-3-11-24(21(14)17)20(26)10-7-16-5-8-19(9-6-16)23-15(2)25/h5-10,12-13H,3-4,11H2,1-2H3,(H,23,25). The van der Waals surface area contributed by atoms with Gasteiger partial charge in [0.25, 0.3) is 5.91 Å². The summed E-state index contributed by atoms with van der Waals surface area (Å²) in [4.78, 5) is 25.4. The van der Waals surface area contributed by atoms with Gasteiger partial charge < -0.3 is 10.2 Å². The zero-order chi connectivity index (χ0) is 18.7. The Kier molecular flexibility index (Phi) is 5.16. The summed E-state index contributed by atoms with van der Waals surface area (Å²) in [5, 5.41) is 2.70. The highest BCUT2D eigenvalue weighted by Crippen LogP contribution is 2.31. The molecule has 1 aliphatic heterocycles. The van der Waals surface area contributed by atoms with Gasteiger partial charge in [-0.2, -0.15) is 0 Å². The monoisotopic (exact) mass is 352 g/mol. The molecule has 0 saturated carbocycles. The lowest BCUT2D eigenvalue weighted by Crippen LogP contribution is -2.35. The van der Waals surface area contributed by atoms with Crippen molar-refractivity contribution in [2.75, 3.05) is 16.8 Å². The fourth-order valence-corrected chi connectivity index (χ4v) is 3.28. The Morgan fingerprint density at radius 3 is 2.62 bits per heavy atom. The van der Waals surface area contributed by atoms with Gasteiger partial charge in [-0.1, -0.05) is 12.1 Å². The Hall–Kier alpha value is -2.95. The normalized spacial score (nSPS) is 13.6. The number of fused-ring (bicyclic) bond motifs is 1. The third-order valence-corrected chi connectivity index (χ3v) is 4.36. The minimum Gasteiger partial charge on any atom is -0.326 e. The first-order valence-corrected chi connectivity index (χ1v) is 8.60. The molecule has 2 aromatic carbocycles. The van der Waals surface area contributed by atoms with Crippen LogP contribution in [0.25, 0.3) is 6.08 Å². The van der Waals surface area contributed by atoms with Crippen LogP contribution < -0.4 is 10.2 Å². The molecule has 134 valence electrons. The fraction of sp³-hybridized carbons (Fsp3) is 0.238. The average Bonchev–Trinajstić information content (AvgIpc) is 2.59. The molecule has 0 aromatic heterocycles. The van der Waals surface area contributed by atoms with E-state index in [0.29, 0.717) is 12.2 Å². The molecule has 0 bridgehead atoms. The maximum atomic E-state index is 13.6. The third-order valence-electron chi connectivity index (χ3n) is 4.36. The smallest absolute Gasteiger partial charge is 0.251 e. The van der Waals surface area contributed by atoms with E-state index in [2.05, 4.69) is 5.32 Å². The van der Waals surface area contributed by atoms with E-state index in [9.17, 15) is 14.0 Å². The van der Waals surface area contributed by atoms with Crippen molar-refractivity contribution >= 4 is 29.3 Å². The predicted octanol–water partition coefficient (Wildman–Crippen LogP) is 4.09. The molecular weight excluding hydrogens is 331 g/mol. The van der Waals surface area contributed by atoms with Crippen LogP contribution in [0.3, 0.4) is 0 Å². The van der Waals surface area contributed by atoms with Crippen molar-refractivity contribution in [3.63, 3.8) is 0 Å². The molecule has 4 nitrogen and oxygen atoms in total. The number of rotatable bonds is 3. The average molecular weight is 352 g/mol. The Morgan fingerprint density at radius 2 is 1.92 bits per heavy atom. The molecule has 1 aliphatic rings. The van der Waals surface area contributed by atoms with Gasteiger partial charge >= 0.3 is 0 Å². The number of hydrogen-bond acceptors (Lipinski definition) is 2. The highest BCUT2D eigenvalue weighted by Gasteiger charge is 2.23. The van der Waals surface area contributed by atoms with E-state index in [4.69, 9.17) is 0 Å². The lowest BCUT2D eigenvalue weighted by Gasteiger charge is -2.30. The number of nitrogens with one attached hydrogen (secondary N) is 1. The molecule has 1 heterocycles. The third kappa shape index (κ3) is 3.99. The van der Waals surface area contributed by atoms with Crippen LogP contribution in [0.5, 0.6) is 0 Å². The minimum atomic E-state index is -0.259. The van der Waals surface area contributed by atoms with Crippen LogP contribution in [0, 0.1) is 12.7 Å². The van der Waals surface area contributed by atoms with E-state index < -0.39 is 0 Å². The predicted molar refractivity (Wildman–Crippen MR) is 102 cm³/mol. The summed E-state index contributed by atoms with van der Waals surface area (Å²) in [5.74, 6) is -0.504. The lowest BCUT2D eigenvalue weighted by molar-refractivity contribution is -0.115. The van der Waals surface area contributed by atoms with Crippen LogP contribution in [0.4, 0.5) is 15.8 Å². The summed E-state index contributed by atoms with van der Waals surface area (Å²) in [6, 6.07) is 10.2. The van der Waals surface area contributed by atoms with Crippen LogP contribution in [0.1, 0.15) is 30.0 Å². The molecular formula is C21H21FN2O2. The minimum absolute atomic E-state index is 0.119. The van der Waals surface area contributed by atoms with Gasteiger partial charge in [-0.25, -0.2) is 4.39 Å². The van der Waals surface area contributed by atoms with Crippen molar-refractivity contribution in [1.82, 2.24) is 0 Å². The molecule has 0 fully saturated rings. The Bertz CT molecular complexity index is 872. The van der Waals surface area contributed by atoms with Crippen molar-refractivity contribution in [2.45, 2.75) is 26.7 Å². The molecule has 5 heteroatoms. The van der Waals surface area contributed by atoms with Gasteiger partial charge in [0.1, 0.15) is 5.82 Å². The summed E-state index contributed by atoms with van der Waals surface area (Å²) in [7, 11) is 0. The van der Waals surface area contributed by atoms with Gasteiger partial charge in [0.15, 0.2) is 0 Å². The number of aryl methyl sites for hydroxylation is 2. The van der Waals surface area contributed by atoms with Crippen molar-refractivity contribution in [2.24, 2.45) is 0 Å². The molecule has 1 N–H and O–H groups in total. The molecule has 0 unspecified atom stereocenters. The highest BCUT2D eigenvalue weighted by atomic mass is 19.1.